The van der Waals surface area contributed by atoms with Crippen molar-refractivity contribution in [3.8, 4) is 11.5 Å². The quantitative estimate of drug-likeness (QED) is 0.405. The lowest BCUT2D eigenvalue weighted by Crippen LogP contribution is -2.30. The van der Waals surface area contributed by atoms with Crippen LogP contribution in [0.2, 0.25) is 0 Å². The molecule has 0 radical (unpaired) electrons. The number of hydrogen-bond acceptors (Lipinski definition) is 8. The molecule has 226 valence electrons. The van der Waals surface area contributed by atoms with E-state index < -0.39 is 46.9 Å². The van der Waals surface area contributed by atoms with E-state index in [0.717, 1.165) is 6.07 Å². The Morgan fingerprint density at radius 2 is 1.93 bits per heavy atom. The molecule has 1 amide bonds. The van der Waals surface area contributed by atoms with Crippen molar-refractivity contribution in [2.45, 2.75) is 51.4 Å². The fourth-order valence-corrected chi connectivity index (χ4v) is 5.87. The molecule has 3 aliphatic rings. The molecular formula is C30H29F2N3O8. The minimum Gasteiger partial charge on any atom is -0.487 e. The predicted octanol–water partition coefficient (Wildman–Crippen LogP) is 4.28. The highest BCUT2D eigenvalue weighted by molar-refractivity contribution is 5.97. The zero-order chi connectivity index (χ0) is 30.6. The number of ketones is 1. The van der Waals surface area contributed by atoms with Crippen LogP contribution in [0.25, 0.3) is 10.9 Å². The summed E-state index contributed by atoms with van der Waals surface area (Å²) in [7, 11) is 0. The molecule has 1 unspecified atom stereocenters. The number of rotatable bonds is 8. The van der Waals surface area contributed by atoms with Crippen molar-refractivity contribution in [3.05, 3.63) is 57.9 Å². The standard InChI is InChI=1S/C30H29F2N3O8/c1-15-14-41-28-25-20(27(37)21(29(38)39)13-34(15)25)10-23(32)26(28)33-8-7-19(11-33)42-24-6-4-17(9-22(24)31)35-12-18(43-30(35)40)5-3-16(2)36/h4,6,9-10,13,15,18-19H,3,5,7-8,11-12,14H2,1-2H3,(H,38,39)/t15?,18-,19+/m0/s1. The van der Waals surface area contributed by atoms with E-state index in [-0.39, 0.29) is 60.5 Å². The molecule has 3 aliphatic heterocycles. The van der Waals surface area contributed by atoms with Crippen LogP contribution in [-0.2, 0) is 9.53 Å². The van der Waals surface area contributed by atoms with Crippen LogP contribution in [0.3, 0.4) is 0 Å². The summed E-state index contributed by atoms with van der Waals surface area (Å²) in [6.07, 6.45) is 0.806. The van der Waals surface area contributed by atoms with Crippen molar-refractivity contribution in [1.82, 2.24) is 4.57 Å². The fourth-order valence-electron chi connectivity index (χ4n) is 5.87. The van der Waals surface area contributed by atoms with Crippen LogP contribution in [0.4, 0.5) is 25.0 Å². The van der Waals surface area contributed by atoms with Gasteiger partial charge < -0.3 is 33.6 Å². The number of carbonyl (C=O) groups excluding carboxylic acids is 2. The van der Waals surface area contributed by atoms with Gasteiger partial charge in [-0.05, 0) is 38.5 Å². The summed E-state index contributed by atoms with van der Waals surface area (Å²) in [4.78, 5) is 51.1. The summed E-state index contributed by atoms with van der Waals surface area (Å²) in [5.74, 6) is -2.70. The van der Waals surface area contributed by atoms with Gasteiger partial charge in [-0.3, -0.25) is 9.69 Å². The zero-order valence-electron chi connectivity index (χ0n) is 23.5. The van der Waals surface area contributed by atoms with Gasteiger partial charge in [0.05, 0.1) is 35.7 Å². The smallest absolute Gasteiger partial charge is 0.414 e. The number of aromatic nitrogens is 1. The fraction of sp³-hybridized carbons (Fsp3) is 0.400. The number of pyridine rings is 1. The third-order valence-corrected chi connectivity index (χ3v) is 8.05. The highest BCUT2D eigenvalue weighted by Gasteiger charge is 2.35. The second kappa shape index (κ2) is 10.9. The molecule has 2 aromatic carbocycles. The van der Waals surface area contributed by atoms with E-state index in [1.54, 1.807) is 22.5 Å². The minimum absolute atomic E-state index is 0.00740. The van der Waals surface area contributed by atoms with Gasteiger partial charge in [0.2, 0.25) is 5.43 Å². The molecule has 4 heterocycles. The van der Waals surface area contributed by atoms with Crippen LogP contribution in [0.5, 0.6) is 11.5 Å². The normalized spacial score (nSPS) is 21.2. The first kappa shape index (κ1) is 28.4. The molecule has 11 nitrogen and oxygen atoms in total. The summed E-state index contributed by atoms with van der Waals surface area (Å²) in [5, 5.41) is 9.41. The second-order valence-electron chi connectivity index (χ2n) is 11.1. The van der Waals surface area contributed by atoms with E-state index in [1.807, 2.05) is 0 Å². The van der Waals surface area contributed by atoms with Gasteiger partial charge in [0.15, 0.2) is 23.1 Å². The van der Waals surface area contributed by atoms with Gasteiger partial charge in [0.25, 0.3) is 0 Å². The van der Waals surface area contributed by atoms with E-state index in [0.29, 0.717) is 30.6 Å². The zero-order valence-corrected chi connectivity index (χ0v) is 23.5. The number of benzene rings is 2. The lowest BCUT2D eigenvalue weighted by Gasteiger charge is -2.31. The van der Waals surface area contributed by atoms with Gasteiger partial charge >= 0.3 is 12.1 Å². The second-order valence-corrected chi connectivity index (χ2v) is 11.1. The molecule has 2 fully saturated rings. The number of hydrogen-bond donors (Lipinski definition) is 1. The third kappa shape index (κ3) is 5.12. The molecule has 0 bridgehead atoms. The number of Topliss-reactive ketones (excluding diaryl/α,β-unsaturated/α-hetero) is 1. The van der Waals surface area contributed by atoms with Gasteiger partial charge in [0.1, 0.15) is 35.8 Å². The Morgan fingerprint density at radius 3 is 2.65 bits per heavy atom. The highest BCUT2D eigenvalue weighted by Crippen LogP contribution is 2.43. The van der Waals surface area contributed by atoms with Crippen LogP contribution in [0, 0.1) is 11.6 Å². The molecule has 6 rings (SSSR count). The lowest BCUT2D eigenvalue weighted by molar-refractivity contribution is -0.117. The molecule has 0 saturated carbocycles. The number of anilines is 2. The van der Waals surface area contributed by atoms with E-state index in [1.165, 1.54) is 30.2 Å². The van der Waals surface area contributed by atoms with E-state index >= 15 is 8.78 Å². The number of nitrogens with zero attached hydrogens (tertiary/aromatic N) is 3. The lowest BCUT2D eigenvalue weighted by atomic mass is 10.1. The molecule has 0 aliphatic carbocycles. The Morgan fingerprint density at radius 1 is 1.14 bits per heavy atom. The summed E-state index contributed by atoms with van der Waals surface area (Å²) >= 11 is 0. The number of carboxylic acids is 1. The first-order valence-corrected chi connectivity index (χ1v) is 14.0. The van der Waals surface area contributed by atoms with Crippen LogP contribution in [0.1, 0.15) is 49.5 Å². The molecule has 13 heteroatoms. The highest BCUT2D eigenvalue weighted by atomic mass is 19.1. The van der Waals surface area contributed by atoms with Gasteiger partial charge in [-0.25, -0.2) is 18.4 Å². The number of aromatic carboxylic acids is 1. The molecule has 2 saturated heterocycles. The number of carbonyl (C=O) groups is 3. The Bertz CT molecular complexity index is 1720. The van der Waals surface area contributed by atoms with Gasteiger partial charge in [-0.2, -0.15) is 0 Å². The SMILES string of the molecule is CC(=O)CC[C@H]1CN(c2ccc(O[C@@H]3CCN(c4c(F)cc5c(=O)c(C(=O)O)cn6c5c4OCC6C)C3)c(F)c2)C(=O)O1. The number of cyclic esters (lactones) is 1. The first-order valence-electron chi connectivity index (χ1n) is 14.0. The number of amides is 1. The Hall–Kier alpha value is -4.68. The Kier molecular flexibility index (Phi) is 7.18. The van der Waals surface area contributed by atoms with Crippen molar-refractivity contribution in [3.63, 3.8) is 0 Å². The topological polar surface area (TPSA) is 128 Å². The molecule has 0 spiro atoms. The van der Waals surface area contributed by atoms with Crippen molar-refractivity contribution in [2.75, 3.05) is 36.0 Å². The van der Waals surface area contributed by atoms with Crippen molar-refractivity contribution >= 4 is 40.1 Å². The predicted molar refractivity (Wildman–Crippen MR) is 151 cm³/mol. The monoisotopic (exact) mass is 597 g/mol. The van der Waals surface area contributed by atoms with E-state index in [2.05, 4.69) is 0 Å². The van der Waals surface area contributed by atoms with Crippen LogP contribution < -0.4 is 24.7 Å². The maximum atomic E-state index is 15.6. The summed E-state index contributed by atoms with van der Waals surface area (Å²) in [5.41, 5.74) is -0.492. The molecular weight excluding hydrogens is 568 g/mol. The van der Waals surface area contributed by atoms with Crippen LogP contribution in [-0.4, -0.2) is 66.0 Å². The average molecular weight is 598 g/mol. The van der Waals surface area contributed by atoms with E-state index in [9.17, 15) is 24.3 Å². The number of carboxylic acid groups (broad SMARTS) is 1. The Balaban J connectivity index is 1.21. The maximum absolute atomic E-state index is 15.6. The van der Waals surface area contributed by atoms with E-state index in [4.69, 9.17) is 14.2 Å². The summed E-state index contributed by atoms with van der Waals surface area (Å²) < 4.78 is 49.5. The summed E-state index contributed by atoms with van der Waals surface area (Å²) in [6, 6.07) is 4.91. The Labute approximate surface area is 244 Å². The van der Waals surface area contributed by atoms with Crippen molar-refractivity contribution < 1.29 is 42.5 Å². The number of halogens is 2. The first-order chi connectivity index (χ1) is 20.5. The molecule has 1 N–H and O–H groups in total. The van der Waals surface area contributed by atoms with Gasteiger partial charge in [-0.15, -0.1) is 0 Å². The molecule has 43 heavy (non-hydrogen) atoms. The third-order valence-electron chi connectivity index (χ3n) is 8.05. The average Bonchev–Trinajstić information content (AvgIpc) is 3.57. The maximum Gasteiger partial charge on any atom is 0.414 e. The molecule has 3 aromatic rings. The van der Waals surface area contributed by atoms with Gasteiger partial charge in [0, 0.05) is 31.6 Å². The molecule has 1 aromatic heterocycles. The minimum atomic E-state index is -1.39. The molecule has 3 atom stereocenters. The summed E-state index contributed by atoms with van der Waals surface area (Å²) in [6.45, 7) is 4.18. The van der Waals surface area contributed by atoms with Crippen molar-refractivity contribution in [1.29, 1.82) is 0 Å². The largest absolute Gasteiger partial charge is 0.487 e. The number of ether oxygens (including phenoxy) is 3. The van der Waals surface area contributed by atoms with Gasteiger partial charge in [-0.1, -0.05) is 0 Å². The van der Waals surface area contributed by atoms with Crippen LogP contribution >= 0.6 is 0 Å². The van der Waals surface area contributed by atoms with Crippen molar-refractivity contribution in [2.24, 2.45) is 0 Å². The van der Waals surface area contributed by atoms with Crippen LogP contribution in [0.15, 0.2) is 35.3 Å².